The molecule has 2 aromatic rings. The van der Waals surface area contributed by atoms with Gasteiger partial charge in [-0.15, -0.1) is 0 Å². The third-order valence-electron chi connectivity index (χ3n) is 3.81. The molecule has 1 saturated heterocycles. The molecule has 1 aromatic carbocycles. The van der Waals surface area contributed by atoms with Crippen molar-refractivity contribution in [3.8, 4) is 11.3 Å². The third kappa shape index (κ3) is 2.80. The van der Waals surface area contributed by atoms with E-state index in [0.717, 1.165) is 11.3 Å². The van der Waals surface area contributed by atoms with Crippen molar-refractivity contribution in [1.29, 1.82) is 0 Å². The SMILES string of the molecule is Cc1ccc(-c2cc(N3CC(CN=[N+]=[N-])CC3=O)n[nH]2)cc1. The molecular weight excluding hydrogens is 280 g/mol. The van der Waals surface area contributed by atoms with Gasteiger partial charge in [-0.1, -0.05) is 34.9 Å². The van der Waals surface area contributed by atoms with E-state index < -0.39 is 0 Å². The number of benzene rings is 1. The van der Waals surface area contributed by atoms with E-state index in [0.29, 0.717) is 25.3 Å². The molecule has 22 heavy (non-hydrogen) atoms. The van der Waals surface area contributed by atoms with E-state index in [1.807, 2.05) is 37.3 Å². The molecule has 0 aliphatic carbocycles. The van der Waals surface area contributed by atoms with Crippen LogP contribution in [0.5, 0.6) is 0 Å². The van der Waals surface area contributed by atoms with E-state index in [4.69, 9.17) is 5.53 Å². The van der Waals surface area contributed by atoms with Crippen LogP contribution in [0, 0.1) is 12.8 Å². The van der Waals surface area contributed by atoms with Gasteiger partial charge >= 0.3 is 0 Å². The topological polar surface area (TPSA) is 97.8 Å². The quantitative estimate of drug-likeness (QED) is 0.533. The Morgan fingerprint density at radius 2 is 2.23 bits per heavy atom. The van der Waals surface area contributed by atoms with Gasteiger partial charge in [-0.25, -0.2) is 0 Å². The van der Waals surface area contributed by atoms with Gasteiger partial charge in [0.05, 0.1) is 5.69 Å². The smallest absolute Gasteiger partial charge is 0.228 e. The summed E-state index contributed by atoms with van der Waals surface area (Å²) < 4.78 is 0. The second kappa shape index (κ2) is 5.91. The fraction of sp³-hybridized carbons (Fsp3) is 0.333. The lowest BCUT2D eigenvalue weighted by atomic mass is 10.1. The molecule has 1 atom stereocenters. The molecule has 0 radical (unpaired) electrons. The predicted molar refractivity (Wildman–Crippen MR) is 83.2 cm³/mol. The average Bonchev–Trinajstić information content (AvgIpc) is 3.12. The zero-order valence-corrected chi connectivity index (χ0v) is 12.2. The van der Waals surface area contributed by atoms with Gasteiger partial charge in [-0.05, 0) is 23.9 Å². The first-order valence-electron chi connectivity index (χ1n) is 7.11. The molecule has 1 fully saturated rings. The highest BCUT2D eigenvalue weighted by atomic mass is 16.2. The summed E-state index contributed by atoms with van der Waals surface area (Å²) >= 11 is 0. The van der Waals surface area contributed by atoms with Crippen molar-refractivity contribution < 1.29 is 4.79 Å². The van der Waals surface area contributed by atoms with Crippen LogP contribution in [-0.4, -0.2) is 29.2 Å². The van der Waals surface area contributed by atoms with Gasteiger partial charge in [-0.3, -0.25) is 14.8 Å². The molecule has 1 N–H and O–H groups in total. The molecule has 3 rings (SSSR count). The largest absolute Gasteiger partial charge is 0.295 e. The number of carbonyl (C=O) groups is 1. The zero-order chi connectivity index (χ0) is 15.5. The number of carbonyl (C=O) groups excluding carboxylic acids is 1. The summed E-state index contributed by atoms with van der Waals surface area (Å²) in [7, 11) is 0. The normalized spacial score (nSPS) is 17.6. The lowest BCUT2D eigenvalue weighted by Crippen LogP contribution is -2.25. The summed E-state index contributed by atoms with van der Waals surface area (Å²) in [5, 5.41) is 10.8. The Labute approximate surface area is 127 Å². The van der Waals surface area contributed by atoms with Crippen LogP contribution in [0.3, 0.4) is 0 Å². The molecule has 7 nitrogen and oxygen atoms in total. The van der Waals surface area contributed by atoms with Gasteiger partial charge < -0.3 is 0 Å². The Morgan fingerprint density at radius 1 is 1.45 bits per heavy atom. The average molecular weight is 296 g/mol. The Balaban J connectivity index is 1.77. The maximum absolute atomic E-state index is 12.1. The summed E-state index contributed by atoms with van der Waals surface area (Å²) in [5.74, 6) is 0.687. The first-order valence-corrected chi connectivity index (χ1v) is 7.11. The summed E-state index contributed by atoms with van der Waals surface area (Å²) in [4.78, 5) is 16.5. The lowest BCUT2D eigenvalue weighted by Gasteiger charge is -2.12. The van der Waals surface area contributed by atoms with Gasteiger partial charge in [0.15, 0.2) is 5.82 Å². The Bertz CT molecular complexity index is 729. The van der Waals surface area contributed by atoms with Crippen molar-refractivity contribution in [3.63, 3.8) is 0 Å². The van der Waals surface area contributed by atoms with E-state index in [-0.39, 0.29) is 11.8 Å². The number of hydrogen-bond donors (Lipinski definition) is 1. The number of amides is 1. The number of nitrogens with zero attached hydrogens (tertiary/aromatic N) is 5. The summed E-state index contributed by atoms with van der Waals surface area (Å²) in [6, 6.07) is 9.98. The number of aromatic amines is 1. The second-order valence-electron chi connectivity index (χ2n) is 5.49. The number of azide groups is 1. The molecule has 1 unspecified atom stereocenters. The summed E-state index contributed by atoms with van der Waals surface area (Å²) in [6.07, 6.45) is 0.395. The van der Waals surface area contributed by atoms with Crippen LogP contribution in [0.25, 0.3) is 21.7 Å². The number of anilines is 1. The Kier molecular flexibility index (Phi) is 3.80. The molecular formula is C15H16N6O. The predicted octanol–water partition coefficient (Wildman–Crippen LogP) is 3.05. The summed E-state index contributed by atoms with van der Waals surface area (Å²) in [5.41, 5.74) is 11.5. The molecule has 1 amide bonds. The van der Waals surface area contributed by atoms with Crippen LogP contribution < -0.4 is 4.90 Å². The number of rotatable bonds is 4. The number of H-pyrrole nitrogens is 1. The van der Waals surface area contributed by atoms with Crippen molar-refractivity contribution in [1.82, 2.24) is 10.2 Å². The van der Waals surface area contributed by atoms with Crippen LogP contribution >= 0.6 is 0 Å². The highest BCUT2D eigenvalue weighted by molar-refractivity contribution is 5.95. The standard InChI is InChI=1S/C15H16N6O/c1-10-2-4-12(5-3-10)13-7-14(19-18-13)21-9-11(6-15(21)22)8-17-20-16/h2-5,7,11H,6,8-9H2,1H3,(H,18,19). The van der Waals surface area contributed by atoms with Crippen molar-refractivity contribution in [3.05, 3.63) is 46.3 Å². The molecule has 1 aliphatic rings. The first-order chi connectivity index (χ1) is 10.7. The first kappa shape index (κ1) is 14.2. The van der Waals surface area contributed by atoms with Gasteiger partial charge in [0.1, 0.15) is 0 Å². The van der Waals surface area contributed by atoms with Gasteiger partial charge in [0.2, 0.25) is 5.91 Å². The van der Waals surface area contributed by atoms with Crippen LogP contribution in [0.1, 0.15) is 12.0 Å². The van der Waals surface area contributed by atoms with Crippen LogP contribution in [0.4, 0.5) is 5.82 Å². The number of nitrogens with one attached hydrogen (secondary N) is 1. The second-order valence-corrected chi connectivity index (χ2v) is 5.49. The van der Waals surface area contributed by atoms with Crippen molar-refractivity contribution >= 4 is 11.7 Å². The molecule has 0 saturated carbocycles. The highest BCUT2D eigenvalue weighted by Crippen LogP contribution is 2.27. The van der Waals surface area contributed by atoms with Crippen molar-refractivity contribution in [2.24, 2.45) is 11.0 Å². The highest BCUT2D eigenvalue weighted by Gasteiger charge is 2.31. The zero-order valence-electron chi connectivity index (χ0n) is 12.2. The fourth-order valence-electron chi connectivity index (χ4n) is 2.61. The van der Waals surface area contributed by atoms with Gasteiger partial charge in [-0.2, -0.15) is 5.10 Å². The van der Waals surface area contributed by atoms with E-state index in [1.165, 1.54) is 5.56 Å². The molecule has 1 aliphatic heterocycles. The fourth-order valence-corrected chi connectivity index (χ4v) is 2.61. The monoisotopic (exact) mass is 296 g/mol. The minimum Gasteiger partial charge on any atom is -0.295 e. The third-order valence-corrected chi connectivity index (χ3v) is 3.81. The van der Waals surface area contributed by atoms with E-state index in [1.54, 1.807) is 4.90 Å². The van der Waals surface area contributed by atoms with E-state index in [2.05, 4.69) is 20.2 Å². The Hall–Kier alpha value is -2.79. The molecule has 1 aromatic heterocycles. The van der Waals surface area contributed by atoms with Crippen LogP contribution in [0.15, 0.2) is 35.4 Å². The molecule has 0 bridgehead atoms. The van der Waals surface area contributed by atoms with Crippen molar-refractivity contribution in [2.45, 2.75) is 13.3 Å². The maximum Gasteiger partial charge on any atom is 0.228 e. The minimum atomic E-state index is 0.0140. The van der Waals surface area contributed by atoms with Crippen LogP contribution in [0.2, 0.25) is 0 Å². The number of aryl methyl sites for hydroxylation is 1. The van der Waals surface area contributed by atoms with Crippen molar-refractivity contribution in [2.75, 3.05) is 18.0 Å². The number of aromatic nitrogens is 2. The van der Waals surface area contributed by atoms with E-state index >= 15 is 0 Å². The minimum absolute atomic E-state index is 0.0140. The molecule has 7 heteroatoms. The van der Waals surface area contributed by atoms with Gasteiger partial charge in [0, 0.05) is 30.5 Å². The lowest BCUT2D eigenvalue weighted by molar-refractivity contribution is -0.117. The van der Waals surface area contributed by atoms with Crippen LogP contribution in [-0.2, 0) is 4.79 Å². The maximum atomic E-state index is 12.1. The van der Waals surface area contributed by atoms with Gasteiger partial charge in [0.25, 0.3) is 0 Å². The Morgan fingerprint density at radius 3 is 2.95 bits per heavy atom. The molecule has 0 spiro atoms. The summed E-state index contributed by atoms with van der Waals surface area (Å²) in [6.45, 7) is 2.92. The molecule has 112 valence electrons. The molecule has 2 heterocycles. The number of hydrogen-bond acceptors (Lipinski definition) is 3. The van der Waals surface area contributed by atoms with E-state index in [9.17, 15) is 4.79 Å².